The first-order valence-electron chi connectivity index (χ1n) is 11.4. The minimum Gasteiger partial charge on any atom is -0.268 e. The molecule has 0 amide bonds. The molecule has 166 valence electrons. The van der Waals surface area contributed by atoms with Crippen LogP contribution in [-0.4, -0.2) is 15.3 Å². The predicted octanol–water partition coefficient (Wildman–Crippen LogP) is 7.04. The summed E-state index contributed by atoms with van der Waals surface area (Å²) in [6.45, 7) is 13.6. The van der Waals surface area contributed by atoms with Crippen LogP contribution in [-0.2, 0) is 12.8 Å². The first-order chi connectivity index (χ1) is 14.6. The van der Waals surface area contributed by atoms with Crippen LogP contribution in [0.25, 0.3) is 15.9 Å². The van der Waals surface area contributed by atoms with Crippen molar-refractivity contribution in [2.45, 2.75) is 72.4 Å². The molecular weight excluding hydrogens is 420 g/mol. The highest BCUT2D eigenvalue weighted by atomic mass is 32.2. The smallest absolute Gasteiger partial charge is 0.267 e. The molecule has 3 nitrogen and oxygen atoms in total. The van der Waals surface area contributed by atoms with Crippen molar-refractivity contribution >= 4 is 33.3 Å². The van der Waals surface area contributed by atoms with Gasteiger partial charge in [-0.1, -0.05) is 64.1 Å². The third-order valence-electron chi connectivity index (χ3n) is 6.50. The molecule has 0 saturated heterocycles. The van der Waals surface area contributed by atoms with Crippen LogP contribution in [0, 0.1) is 24.2 Å². The molecule has 1 unspecified atom stereocenters. The SMILES string of the molecule is Cc1ccc(-n2c(SCCC(C)C)nc3sc4c(c3c2=O)CCC(C(C)(C)C)C4)cc1. The number of hydrogen-bond acceptors (Lipinski definition) is 4. The molecule has 31 heavy (non-hydrogen) atoms. The Morgan fingerprint density at radius 3 is 2.58 bits per heavy atom. The molecule has 0 spiro atoms. The molecule has 5 heteroatoms. The lowest BCUT2D eigenvalue weighted by Crippen LogP contribution is -2.27. The number of fused-ring (bicyclic) bond motifs is 3. The second-order valence-corrected chi connectivity index (χ2v) is 12.5. The Balaban J connectivity index is 1.84. The number of thiophene rings is 1. The van der Waals surface area contributed by atoms with Crippen LogP contribution in [0.5, 0.6) is 0 Å². The zero-order valence-corrected chi connectivity index (χ0v) is 21.3. The number of rotatable bonds is 5. The normalized spacial score (nSPS) is 16.8. The van der Waals surface area contributed by atoms with Gasteiger partial charge in [0.25, 0.3) is 5.56 Å². The Hall–Kier alpha value is -1.59. The summed E-state index contributed by atoms with van der Waals surface area (Å²) in [7, 11) is 0. The van der Waals surface area contributed by atoms with Crippen molar-refractivity contribution in [2.75, 3.05) is 5.75 Å². The van der Waals surface area contributed by atoms with Crippen LogP contribution in [0.3, 0.4) is 0 Å². The molecule has 0 radical (unpaired) electrons. The molecule has 0 fully saturated rings. The summed E-state index contributed by atoms with van der Waals surface area (Å²) in [5.74, 6) is 2.27. The lowest BCUT2D eigenvalue weighted by atomic mass is 9.72. The highest BCUT2D eigenvalue weighted by molar-refractivity contribution is 7.99. The minimum atomic E-state index is 0.104. The average Bonchev–Trinajstić information content (AvgIpc) is 3.06. The molecule has 2 aromatic heterocycles. The van der Waals surface area contributed by atoms with Gasteiger partial charge in [0.2, 0.25) is 0 Å². The molecule has 3 aromatic rings. The van der Waals surface area contributed by atoms with Crippen LogP contribution < -0.4 is 5.56 Å². The molecule has 1 aliphatic rings. The molecule has 0 bridgehead atoms. The van der Waals surface area contributed by atoms with E-state index in [1.165, 1.54) is 16.0 Å². The third-order valence-corrected chi connectivity index (χ3v) is 8.62. The molecule has 1 aliphatic carbocycles. The van der Waals surface area contributed by atoms with Gasteiger partial charge in [-0.05, 0) is 67.6 Å². The summed E-state index contributed by atoms with van der Waals surface area (Å²) >= 11 is 3.47. The second kappa shape index (κ2) is 8.74. The van der Waals surface area contributed by atoms with Gasteiger partial charge in [-0.2, -0.15) is 0 Å². The van der Waals surface area contributed by atoms with E-state index in [2.05, 4.69) is 53.7 Å². The number of aromatic nitrogens is 2. The van der Waals surface area contributed by atoms with E-state index in [1.807, 2.05) is 16.7 Å². The fourth-order valence-corrected chi connectivity index (χ4v) is 6.94. The zero-order valence-electron chi connectivity index (χ0n) is 19.6. The van der Waals surface area contributed by atoms with Crippen molar-refractivity contribution in [3.63, 3.8) is 0 Å². The monoisotopic (exact) mass is 454 g/mol. The molecular formula is C26H34N2OS2. The number of hydrogen-bond donors (Lipinski definition) is 0. The van der Waals surface area contributed by atoms with Gasteiger partial charge in [-0.3, -0.25) is 9.36 Å². The van der Waals surface area contributed by atoms with Gasteiger partial charge in [0, 0.05) is 10.6 Å². The maximum atomic E-state index is 13.9. The first kappa shape index (κ1) is 22.6. The summed E-state index contributed by atoms with van der Waals surface area (Å²) in [6.07, 6.45) is 4.32. The van der Waals surface area contributed by atoms with Crippen LogP contribution >= 0.6 is 23.1 Å². The van der Waals surface area contributed by atoms with E-state index in [0.717, 1.165) is 52.5 Å². The summed E-state index contributed by atoms with van der Waals surface area (Å²) in [6, 6.07) is 8.24. The minimum absolute atomic E-state index is 0.104. The van der Waals surface area contributed by atoms with Crippen molar-refractivity contribution < 1.29 is 0 Å². The number of nitrogens with zero attached hydrogens (tertiary/aromatic N) is 2. The lowest BCUT2D eigenvalue weighted by Gasteiger charge is -2.33. The molecule has 0 N–H and O–H groups in total. The van der Waals surface area contributed by atoms with Crippen LogP contribution in [0.4, 0.5) is 0 Å². The van der Waals surface area contributed by atoms with Crippen molar-refractivity contribution in [1.82, 2.24) is 9.55 Å². The summed E-state index contributed by atoms with van der Waals surface area (Å²) < 4.78 is 1.86. The molecule has 0 saturated carbocycles. The number of aryl methyl sites for hydroxylation is 2. The van der Waals surface area contributed by atoms with Crippen molar-refractivity contribution in [3.8, 4) is 5.69 Å². The Labute approximate surface area is 194 Å². The number of benzene rings is 1. The fraction of sp³-hybridized carbons (Fsp3) is 0.538. The number of thioether (sulfide) groups is 1. The van der Waals surface area contributed by atoms with Crippen LogP contribution in [0.1, 0.15) is 63.5 Å². The molecule has 0 aliphatic heterocycles. The van der Waals surface area contributed by atoms with Gasteiger partial charge in [-0.25, -0.2) is 4.98 Å². The highest BCUT2D eigenvalue weighted by Crippen LogP contribution is 2.42. The first-order valence-corrected chi connectivity index (χ1v) is 13.2. The van der Waals surface area contributed by atoms with E-state index in [1.54, 1.807) is 23.1 Å². The van der Waals surface area contributed by atoms with E-state index in [4.69, 9.17) is 4.98 Å². The van der Waals surface area contributed by atoms with Gasteiger partial charge in [0.15, 0.2) is 5.16 Å². The second-order valence-electron chi connectivity index (χ2n) is 10.4. The van der Waals surface area contributed by atoms with Gasteiger partial charge in [-0.15, -0.1) is 11.3 Å². The van der Waals surface area contributed by atoms with Crippen molar-refractivity contribution in [2.24, 2.45) is 17.3 Å². The van der Waals surface area contributed by atoms with Gasteiger partial charge < -0.3 is 0 Å². The Kier molecular flexibility index (Phi) is 6.37. The Morgan fingerprint density at radius 2 is 1.94 bits per heavy atom. The maximum absolute atomic E-state index is 13.9. The molecule has 1 aromatic carbocycles. The van der Waals surface area contributed by atoms with Gasteiger partial charge in [0.05, 0.1) is 11.1 Å². The Morgan fingerprint density at radius 1 is 1.23 bits per heavy atom. The maximum Gasteiger partial charge on any atom is 0.267 e. The van der Waals surface area contributed by atoms with E-state index in [9.17, 15) is 4.79 Å². The predicted molar refractivity (Wildman–Crippen MR) is 135 cm³/mol. The van der Waals surface area contributed by atoms with Gasteiger partial charge in [0.1, 0.15) is 4.83 Å². The standard InChI is InChI=1S/C26H34N2OS2/c1-16(2)13-14-30-25-27-23-22(24(29)28(25)19-10-7-17(3)8-11-19)20-12-9-18(26(4,5)6)15-21(20)31-23/h7-8,10-11,16,18H,9,12-15H2,1-6H3. The van der Waals surface area contributed by atoms with E-state index >= 15 is 0 Å². The Bertz CT molecular complexity index is 1130. The average molecular weight is 455 g/mol. The van der Waals surface area contributed by atoms with Crippen LogP contribution in [0.2, 0.25) is 0 Å². The third kappa shape index (κ3) is 4.63. The fourth-order valence-electron chi connectivity index (χ4n) is 4.35. The topological polar surface area (TPSA) is 34.9 Å². The lowest BCUT2D eigenvalue weighted by molar-refractivity contribution is 0.218. The quantitative estimate of drug-likeness (QED) is 0.306. The van der Waals surface area contributed by atoms with E-state index in [0.29, 0.717) is 17.3 Å². The van der Waals surface area contributed by atoms with Crippen molar-refractivity contribution in [3.05, 3.63) is 50.6 Å². The van der Waals surface area contributed by atoms with E-state index in [-0.39, 0.29) is 5.56 Å². The summed E-state index contributed by atoms with van der Waals surface area (Å²) in [5, 5.41) is 1.69. The molecule has 1 atom stereocenters. The summed E-state index contributed by atoms with van der Waals surface area (Å²) in [5.41, 5.74) is 3.77. The molecule has 4 rings (SSSR count). The van der Waals surface area contributed by atoms with Crippen molar-refractivity contribution in [1.29, 1.82) is 0 Å². The highest BCUT2D eigenvalue weighted by Gasteiger charge is 2.32. The van der Waals surface area contributed by atoms with Crippen LogP contribution in [0.15, 0.2) is 34.2 Å². The largest absolute Gasteiger partial charge is 0.268 e. The summed E-state index contributed by atoms with van der Waals surface area (Å²) in [4.78, 5) is 21.2. The van der Waals surface area contributed by atoms with Gasteiger partial charge >= 0.3 is 0 Å². The zero-order chi connectivity index (χ0) is 22.3. The molecule has 2 heterocycles. The van der Waals surface area contributed by atoms with E-state index < -0.39 is 0 Å².